The highest BCUT2D eigenvalue weighted by Gasteiger charge is 2.23. The van der Waals surface area contributed by atoms with E-state index < -0.39 is 0 Å². The van der Waals surface area contributed by atoms with Gasteiger partial charge in [-0.25, -0.2) is 4.39 Å². The Morgan fingerprint density at radius 1 is 0.969 bits per heavy atom. The number of amides is 3. The fraction of sp³-hybridized carbons (Fsp3) is 0.348. The summed E-state index contributed by atoms with van der Waals surface area (Å²) in [6.45, 7) is 5.59. The lowest BCUT2D eigenvalue weighted by atomic mass is 10.0. The summed E-state index contributed by atoms with van der Waals surface area (Å²) in [5, 5.41) is 8.20. The van der Waals surface area contributed by atoms with E-state index in [-0.39, 0.29) is 29.6 Å². The van der Waals surface area contributed by atoms with Crippen molar-refractivity contribution in [2.45, 2.75) is 19.9 Å². The Hall–Kier alpha value is -3.30. The lowest BCUT2D eigenvalue weighted by molar-refractivity contribution is -0.115. The molecule has 3 rings (SSSR count). The Kier molecular flexibility index (Phi) is 7.91. The van der Waals surface area contributed by atoms with Crippen LogP contribution >= 0.6 is 0 Å². The van der Waals surface area contributed by atoms with Gasteiger partial charge >= 0.3 is 0 Å². The first kappa shape index (κ1) is 23.4. The van der Waals surface area contributed by atoms with Crippen LogP contribution in [0, 0.1) is 5.82 Å². The number of benzene rings is 2. The lowest BCUT2D eigenvalue weighted by Crippen LogP contribution is -2.43. The van der Waals surface area contributed by atoms with E-state index in [0.717, 1.165) is 5.56 Å². The van der Waals surface area contributed by atoms with Gasteiger partial charge in [0.05, 0.1) is 19.3 Å². The molecule has 8 nitrogen and oxygen atoms in total. The largest absolute Gasteiger partial charge is 0.379 e. The third kappa shape index (κ3) is 6.60. The molecular formula is C23H27FN4O4. The van der Waals surface area contributed by atoms with Crippen LogP contribution in [0.5, 0.6) is 0 Å². The Bertz CT molecular complexity index is 940. The van der Waals surface area contributed by atoms with Gasteiger partial charge < -0.3 is 20.7 Å². The molecule has 1 unspecified atom stereocenters. The summed E-state index contributed by atoms with van der Waals surface area (Å²) in [5.41, 5.74) is 1.98. The van der Waals surface area contributed by atoms with Gasteiger partial charge in [0, 0.05) is 50.4 Å². The highest BCUT2D eigenvalue weighted by molar-refractivity contribution is 5.99. The Morgan fingerprint density at radius 2 is 1.53 bits per heavy atom. The number of rotatable bonds is 7. The van der Waals surface area contributed by atoms with E-state index in [4.69, 9.17) is 4.74 Å². The summed E-state index contributed by atoms with van der Waals surface area (Å²) in [5.74, 6) is -1.26. The smallest absolute Gasteiger partial charge is 0.251 e. The molecule has 1 saturated heterocycles. The average molecular weight is 442 g/mol. The molecule has 32 heavy (non-hydrogen) atoms. The quantitative estimate of drug-likeness (QED) is 0.612. The first-order valence-corrected chi connectivity index (χ1v) is 10.4. The highest BCUT2D eigenvalue weighted by Crippen LogP contribution is 2.23. The van der Waals surface area contributed by atoms with Gasteiger partial charge in [0.2, 0.25) is 11.8 Å². The van der Waals surface area contributed by atoms with Gasteiger partial charge in [-0.3, -0.25) is 19.3 Å². The molecule has 1 fully saturated rings. The van der Waals surface area contributed by atoms with E-state index >= 15 is 0 Å². The Balaban J connectivity index is 1.79. The Labute approximate surface area is 186 Å². The average Bonchev–Trinajstić information content (AvgIpc) is 2.74. The van der Waals surface area contributed by atoms with Crippen molar-refractivity contribution in [3.8, 4) is 0 Å². The number of anilines is 2. The number of ether oxygens (including phenoxy) is 1. The number of carbonyl (C=O) groups excluding carboxylic acids is 3. The van der Waals surface area contributed by atoms with Gasteiger partial charge in [0.15, 0.2) is 0 Å². The molecule has 0 saturated carbocycles. The van der Waals surface area contributed by atoms with E-state index in [9.17, 15) is 18.8 Å². The number of nitrogens with zero attached hydrogens (tertiary/aromatic N) is 1. The molecule has 0 radical (unpaired) electrons. The maximum absolute atomic E-state index is 13.4. The van der Waals surface area contributed by atoms with Crippen LogP contribution in [0.4, 0.5) is 15.8 Å². The zero-order chi connectivity index (χ0) is 23.1. The van der Waals surface area contributed by atoms with Crippen molar-refractivity contribution in [3.05, 3.63) is 59.4 Å². The Morgan fingerprint density at radius 3 is 2.06 bits per heavy atom. The topological polar surface area (TPSA) is 99.8 Å². The van der Waals surface area contributed by atoms with Crippen LogP contribution in [-0.2, 0) is 14.3 Å². The molecule has 0 aromatic heterocycles. The third-order valence-corrected chi connectivity index (χ3v) is 5.03. The highest BCUT2D eigenvalue weighted by atomic mass is 19.1. The van der Waals surface area contributed by atoms with E-state index in [2.05, 4.69) is 20.9 Å². The van der Waals surface area contributed by atoms with Crippen LogP contribution in [0.1, 0.15) is 35.8 Å². The third-order valence-electron chi connectivity index (χ3n) is 5.03. The summed E-state index contributed by atoms with van der Waals surface area (Å²) >= 11 is 0. The zero-order valence-electron chi connectivity index (χ0n) is 18.1. The van der Waals surface area contributed by atoms with Crippen LogP contribution in [-0.4, -0.2) is 55.5 Å². The molecule has 0 aliphatic carbocycles. The van der Waals surface area contributed by atoms with Crippen molar-refractivity contribution in [2.75, 3.05) is 43.5 Å². The molecule has 1 aliphatic rings. The SMILES string of the molecule is CC(=O)Nc1cc(NC(C)=O)cc(C(=O)NCC(c2ccc(F)cc2)N2CCOCC2)c1. The second-order valence-electron chi connectivity index (χ2n) is 7.59. The van der Waals surface area contributed by atoms with Crippen LogP contribution in [0.25, 0.3) is 0 Å². The van der Waals surface area contributed by atoms with E-state index in [1.54, 1.807) is 30.3 Å². The molecule has 9 heteroatoms. The monoisotopic (exact) mass is 442 g/mol. The van der Waals surface area contributed by atoms with Crippen LogP contribution in [0.2, 0.25) is 0 Å². The molecule has 3 N–H and O–H groups in total. The van der Waals surface area contributed by atoms with Crippen LogP contribution in [0.3, 0.4) is 0 Å². The molecule has 1 atom stereocenters. The predicted octanol–water partition coefficient (Wildman–Crippen LogP) is 2.55. The predicted molar refractivity (Wildman–Crippen MR) is 119 cm³/mol. The van der Waals surface area contributed by atoms with Gasteiger partial charge in [-0.15, -0.1) is 0 Å². The fourth-order valence-corrected chi connectivity index (χ4v) is 3.63. The minimum absolute atomic E-state index is 0.156. The number of hydrogen-bond donors (Lipinski definition) is 3. The molecule has 1 heterocycles. The number of nitrogens with one attached hydrogen (secondary N) is 3. The van der Waals surface area contributed by atoms with Gasteiger partial charge in [-0.1, -0.05) is 12.1 Å². The van der Waals surface area contributed by atoms with Crippen LogP contribution < -0.4 is 16.0 Å². The van der Waals surface area contributed by atoms with Crippen molar-refractivity contribution in [3.63, 3.8) is 0 Å². The van der Waals surface area contributed by atoms with Crippen molar-refractivity contribution in [1.29, 1.82) is 0 Å². The van der Waals surface area contributed by atoms with Crippen molar-refractivity contribution in [1.82, 2.24) is 10.2 Å². The first-order chi connectivity index (χ1) is 15.3. The van der Waals surface area contributed by atoms with Crippen molar-refractivity contribution < 1.29 is 23.5 Å². The molecule has 1 aliphatic heterocycles. The standard InChI is InChI=1S/C23H27FN4O4/c1-15(29)26-20-11-18(12-21(13-20)27-16(2)30)23(31)25-14-22(28-7-9-32-10-8-28)17-3-5-19(24)6-4-17/h3-6,11-13,22H,7-10,14H2,1-2H3,(H,25,31)(H,26,29)(H,27,30). The molecule has 2 aromatic carbocycles. The molecule has 3 amide bonds. The minimum Gasteiger partial charge on any atom is -0.379 e. The molecule has 2 aromatic rings. The number of hydrogen-bond acceptors (Lipinski definition) is 5. The van der Waals surface area contributed by atoms with Gasteiger partial charge in [-0.05, 0) is 35.9 Å². The summed E-state index contributed by atoms with van der Waals surface area (Å²) in [7, 11) is 0. The number of morpholine rings is 1. The maximum atomic E-state index is 13.4. The van der Waals surface area contributed by atoms with Gasteiger partial charge in [0.25, 0.3) is 5.91 Å². The molecule has 0 spiro atoms. The normalized spacial score (nSPS) is 15.0. The second kappa shape index (κ2) is 10.8. The molecule has 0 bridgehead atoms. The number of halogens is 1. The first-order valence-electron chi connectivity index (χ1n) is 10.4. The van der Waals surface area contributed by atoms with E-state index in [0.29, 0.717) is 49.8 Å². The molecular weight excluding hydrogens is 415 g/mol. The van der Waals surface area contributed by atoms with Crippen molar-refractivity contribution in [2.24, 2.45) is 0 Å². The second-order valence-corrected chi connectivity index (χ2v) is 7.59. The summed E-state index contributed by atoms with van der Waals surface area (Å²) < 4.78 is 18.9. The molecule has 170 valence electrons. The van der Waals surface area contributed by atoms with Gasteiger partial charge in [-0.2, -0.15) is 0 Å². The summed E-state index contributed by atoms with van der Waals surface area (Å²) in [6.07, 6.45) is 0. The van der Waals surface area contributed by atoms with Gasteiger partial charge in [0.1, 0.15) is 5.82 Å². The van der Waals surface area contributed by atoms with E-state index in [1.165, 1.54) is 26.0 Å². The number of carbonyl (C=O) groups is 3. The van der Waals surface area contributed by atoms with Crippen LogP contribution in [0.15, 0.2) is 42.5 Å². The summed E-state index contributed by atoms with van der Waals surface area (Å²) in [4.78, 5) is 38.1. The fourth-order valence-electron chi connectivity index (χ4n) is 3.63. The minimum atomic E-state index is -0.357. The summed E-state index contributed by atoms with van der Waals surface area (Å²) in [6, 6.07) is 10.8. The van der Waals surface area contributed by atoms with Crippen molar-refractivity contribution >= 4 is 29.1 Å². The van der Waals surface area contributed by atoms with E-state index in [1.807, 2.05) is 0 Å². The maximum Gasteiger partial charge on any atom is 0.251 e. The zero-order valence-corrected chi connectivity index (χ0v) is 18.1. The lowest BCUT2D eigenvalue weighted by Gasteiger charge is -2.35.